The lowest BCUT2D eigenvalue weighted by Gasteiger charge is -2.08. The molecule has 0 atom stereocenters. The van der Waals surface area contributed by atoms with Gasteiger partial charge in [-0.15, -0.1) is 0 Å². The van der Waals surface area contributed by atoms with E-state index in [1.807, 2.05) is 55.5 Å². The molecule has 2 amide bonds. The summed E-state index contributed by atoms with van der Waals surface area (Å²) in [7, 11) is 1.61. The molecule has 0 saturated heterocycles. The van der Waals surface area contributed by atoms with Crippen molar-refractivity contribution < 1.29 is 14.3 Å². The zero-order valence-electron chi connectivity index (χ0n) is 15.4. The van der Waals surface area contributed by atoms with Gasteiger partial charge in [0.25, 0.3) is 0 Å². The number of nitrogens with one attached hydrogen (secondary N) is 2. The third kappa shape index (κ3) is 6.97. The molecule has 0 radical (unpaired) electrons. The molecule has 2 aromatic carbocycles. The molecule has 0 aromatic heterocycles. The Morgan fingerprint density at radius 1 is 0.846 bits per heavy atom. The van der Waals surface area contributed by atoms with Gasteiger partial charge in [-0.1, -0.05) is 42.0 Å². The highest BCUT2D eigenvalue weighted by atomic mass is 16.5. The molecule has 26 heavy (non-hydrogen) atoms. The predicted octanol–water partition coefficient (Wildman–Crippen LogP) is 2.41. The van der Waals surface area contributed by atoms with Crippen LogP contribution < -0.4 is 15.4 Å². The second kappa shape index (κ2) is 10.2. The Labute approximate surface area is 154 Å². The van der Waals surface area contributed by atoms with Crippen molar-refractivity contribution in [2.75, 3.05) is 20.2 Å². The first-order valence-corrected chi connectivity index (χ1v) is 8.78. The van der Waals surface area contributed by atoms with E-state index in [0.717, 1.165) is 23.3 Å². The van der Waals surface area contributed by atoms with E-state index in [-0.39, 0.29) is 11.8 Å². The molecule has 0 bridgehead atoms. The lowest BCUT2D eigenvalue weighted by molar-refractivity contribution is -0.122. The van der Waals surface area contributed by atoms with Gasteiger partial charge in [-0.2, -0.15) is 0 Å². The molecule has 2 aromatic rings. The molecule has 0 spiro atoms. The molecule has 5 heteroatoms. The SMILES string of the molecule is COc1ccc(CC(=O)NCCNC(=O)CCc2ccc(C)cc2)cc1. The third-order valence-electron chi connectivity index (χ3n) is 4.05. The molecule has 0 aliphatic rings. The Hall–Kier alpha value is -2.82. The zero-order chi connectivity index (χ0) is 18.8. The van der Waals surface area contributed by atoms with Gasteiger partial charge in [0.2, 0.25) is 11.8 Å². The van der Waals surface area contributed by atoms with Gasteiger partial charge < -0.3 is 15.4 Å². The summed E-state index contributed by atoms with van der Waals surface area (Å²) in [5.41, 5.74) is 3.28. The number of rotatable bonds is 9. The molecule has 0 unspecified atom stereocenters. The molecule has 5 nitrogen and oxygen atoms in total. The van der Waals surface area contributed by atoms with Crippen LogP contribution in [0.2, 0.25) is 0 Å². The number of carbonyl (C=O) groups excluding carboxylic acids is 2. The molecule has 0 saturated carbocycles. The Morgan fingerprint density at radius 3 is 2.04 bits per heavy atom. The highest BCUT2D eigenvalue weighted by Gasteiger charge is 2.05. The van der Waals surface area contributed by atoms with Crippen LogP contribution >= 0.6 is 0 Å². The smallest absolute Gasteiger partial charge is 0.224 e. The Morgan fingerprint density at radius 2 is 1.42 bits per heavy atom. The van der Waals surface area contributed by atoms with Crippen molar-refractivity contribution in [2.24, 2.45) is 0 Å². The summed E-state index contributed by atoms with van der Waals surface area (Å²) in [6.07, 6.45) is 1.48. The maximum atomic E-state index is 11.9. The van der Waals surface area contributed by atoms with E-state index < -0.39 is 0 Å². The minimum absolute atomic E-state index is 0.00465. The van der Waals surface area contributed by atoms with Crippen molar-refractivity contribution in [3.8, 4) is 5.75 Å². The monoisotopic (exact) mass is 354 g/mol. The van der Waals surface area contributed by atoms with Crippen LogP contribution in [0.5, 0.6) is 5.75 Å². The second-order valence-corrected chi connectivity index (χ2v) is 6.21. The van der Waals surface area contributed by atoms with Crippen molar-refractivity contribution in [2.45, 2.75) is 26.2 Å². The number of ether oxygens (including phenoxy) is 1. The maximum absolute atomic E-state index is 11.9. The van der Waals surface area contributed by atoms with Crippen molar-refractivity contribution in [1.29, 1.82) is 0 Å². The van der Waals surface area contributed by atoms with E-state index in [4.69, 9.17) is 4.74 Å². The standard InChI is InChI=1S/C21H26N2O3/c1-16-3-5-17(6-4-16)9-12-20(24)22-13-14-23-21(25)15-18-7-10-19(26-2)11-8-18/h3-8,10-11H,9,12-15H2,1-2H3,(H,22,24)(H,23,25). The molecule has 2 rings (SSSR count). The predicted molar refractivity (Wildman–Crippen MR) is 102 cm³/mol. The van der Waals surface area contributed by atoms with E-state index in [1.54, 1.807) is 7.11 Å². The molecular weight excluding hydrogens is 328 g/mol. The largest absolute Gasteiger partial charge is 0.497 e. The van der Waals surface area contributed by atoms with Crippen molar-refractivity contribution in [1.82, 2.24) is 10.6 Å². The van der Waals surface area contributed by atoms with Gasteiger partial charge in [-0.25, -0.2) is 0 Å². The average molecular weight is 354 g/mol. The molecule has 2 N–H and O–H groups in total. The summed E-state index contributed by atoms with van der Waals surface area (Å²) >= 11 is 0. The first kappa shape index (κ1) is 19.5. The van der Waals surface area contributed by atoms with Gasteiger partial charge in [0.05, 0.1) is 13.5 Å². The van der Waals surface area contributed by atoms with Crippen LogP contribution in [0, 0.1) is 6.92 Å². The number of benzene rings is 2. The number of amides is 2. The second-order valence-electron chi connectivity index (χ2n) is 6.21. The topological polar surface area (TPSA) is 67.4 Å². The van der Waals surface area contributed by atoms with Crippen molar-refractivity contribution >= 4 is 11.8 Å². The van der Waals surface area contributed by atoms with E-state index in [2.05, 4.69) is 10.6 Å². The minimum Gasteiger partial charge on any atom is -0.497 e. The lowest BCUT2D eigenvalue weighted by Crippen LogP contribution is -2.35. The van der Waals surface area contributed by atoms with Gasteiger partial charge in [0, 0.05) is 19.5 Å². The first-order chi connectivity index (χ1) is 12.6. The summed E-state index contributed by atoms with van der Waals surface area (Å²) in [5, 5.41) is 5.64. The summed E-state index contributed by atoms with van der Waals surface area (Å²) in [5.74, 6) is 0.696. The van der Waals surface area contributed by atoms with Gasteiger partial charge in [-0.3, -0.25) is 9.59 Å². The highest BCUT2D eigenvalue weighted by Crippen LogP contribution is 2.11. The number of aryl methyl sites for hydroxylation is 2. The molecule has 0 fully saturated rings. The van der Waals surface area contributed by atoms with E-state index in [1.165, 1.54) is 5.56 Å². The van der Waals surface area contributed by atoms with Crippen LogP contribution in [-0.4, -0.2) is 32.0 Å². The minimum atomic E-state index is -0.0657. The summed E-state index contributed by atoms with van der Waals surface area (Å²) < 4.78 is 5.09. The average Bonchev–Trinajstić information content (AvgIpc) is 2.65. The Bertz CT molecular complexity index is 709. The fraction of sp³-hybridized carbons (Fsp3) is 0.333. The van der Waals surface area contributed by atoms with E-state index in [0.29, 0.717) is 25.9 Å². The van der Waals surface area contributed by atoms with Gasteiger partial charge in [0.1, 0.15) is 5.75 Å². The van der Waals surface area contributed by atoms with Crippen LogP contribution in [0.15, 0.2) is 48.5 Å². The van der Waals surface area contributed by atoms with Crippen LogP contribution in [-0.2, 0) is 22.4 Å². The molecule has 0 heterocycles. The lowest BCUT2D eigenvalue weighted by atomic mass is 10.1. The van der Waals surface area contributed by atoms with Crippen LogP contribution in [0.1, 0.15) is 23.1 Å². The van der Waals surface area contributed by atoms with Crippen molar-refractivity contribution in [3.05, 3.63) is 65.2 Å². The van der Waals surface area contributed by atoms with Crippen molar-refractivity contribution in [3.63, 3.8) is 0 Å². The number of carbonyl (C=O) groups is 2. The number of methoxy groups -OCH3 is 1. The van der Waals surface area contributed by atoms with Crippen LogP contribution in [0.4, 0.5) is 0 Å². The molecule has 0 aliphatic heterocycles. The molecule has 138 valence electrons. The van der Waals surface area contributed by atoms with E-state index in [9.17, 15) is 9.59 Å². The van der Waals surface area contributed by atoms with Crippen LogP contribution in [0.3, 0.4) is 0 Å². The zero-order valence-corrected chi connectivity index (χ0v) is 15.4. The summed E-state index contributed by atoms with van der Waals surface area (Å²) in [6, 6.07) is 15.6. The number of hydrogen-bond donors (Lipinski definition) is 2. The van der Waals surface area contributed by atoms with Crippen LogP contribution in [0.25, 0.3) is 0 Å². The van der Waals surface area contributed by atoms with Gasteiger partial charge in [0.15, 0.2) is 0 Å². The Balaban J connectivity index is 1.59. The fourth-order valence-corrected chi connectivity index (χ4v) is 2.50. The quantitative estimate of drug-likeness (QED) is 0.680. The molecule has 0 aliphatic carbocycles. The maximum Gasteiger partial charge on any atom is 0.224 e. The van der Waals surface area contributed by atoms with E-state index >= 15 is 0 Å². The summed E-state index contributed by atoms with van der Waals surface area (Å²) in [6.45, 7) is 2.89. The fourth-order valence-electron chi connectivity index (χ4n) is 2.50. The normalized spacial score (nSPS) is 10.2. The highest BCUT2D eigenvalue weighted by molar-refractivity contribution is 5.79. The Kier molecular flexibility index (Phi) is 7.68. The third-order valence-corrected chi connectivity index (χ3v) is 4.05. The number of hydrogen-bond acceptors (Lipinski definition) is 3. The summed E-state index contributed by atoms with van der Waals surface area (Å²) in [4.78, 5) is 23.7. The van der Waals surface area contributed by atoms with Gasteiger partial charge >= 0.3 is 0 Å². The molecular formula is C21H26N2O3. The first-order valence-electron chi connectivity index (χ1n) is 8.78. The van der Waals surface area contributed by atoms with Gasteiger partial charge in [-0.05, 0) is 36.6 Å².